The zero-order valence-electron chi connectivity index (χ0n) is 28.4. The average molecular weight is 807 g/mol. The number of hydrogen-bond donors (Lipinski definition) is 20. The summed E-state index contributed by atoms with van der Waals surface area (Å²) in [4.78, 5) is 22.0. The summed E-state index contributed by atoms with van der Waals surface area (Å²) >= 11 is 0. The maximum Gasteiger partial charge on any atom is 0.189 e. The third kappa shape index (κ3) is 15.7. The van der Waals surface area contributed by atoms with Crippen molar-refractivity contribution < 1.29 is 131 Å². The zero-order chi connectivity index (χ0) is 42.0. The second kappa shape index (κ2) is 26.3. The van der Waals surface area contributed by atoms with Crippen LogP contribution in [0.15, 0.2) is 0 Å². The lowest BCUT2D eigenvalue weighted by atomic mass is 9.99. The van der Waals surface area contributed by atoms with E-state index >= 15 is 0 Å². The van der Waals surface area contributed by atoms with Gasteiger partial charge in [0, 0.05) is 0 Å². The van der Waals surface area contributed by atoms with Gasteiger partial charge in [-0.05, 0) is 0 Å². The lowest BCUT2D eigenvalue weighted by Gasteiger charge is -2.40. The van der Waals surface area contributed by atoms with E-state index in [0.29, 0.717) is 0 Å². The van der Waals surface area contributed by atoms with Crippen LogP contribution in [0.25, 0.3) is 0 Å². The van der Waals surface area contributed by atoms with Crippen molar-refractivity contribution in [3.8, 4) is 0 Å². The Morgan fingerprint density at radius 2 is 0.759 bits per heavy atom. The second-order valence-electron chi connectivity index (χ2n) is 11.8. The Bertz CT molecular complexity index is 944. The zero-order valence-corrected chi connectivity index (χ0v) is 28.4. The number of ether oxygens (including phenoxy) is 4. The van der Waals surface area contributed by atoms with Crippen LogP contribution in [0.2, 0.25) is 0 Å². The van der Waals surface area contributed by atoms with Gasteiger partial charge < -0.3 is 121 Å². The highest BCUT2D eigenvalue weighted by molar-refractivity contribution is 5.84. The predicted molar refractivity (Wildman–Crippen MR) is 166 cm³/mol. The van der Waals surface area contributed by atoms with Crippen LogP contribution in [0.5, 0.6) is 0 Å². The van der Waals surface area contributed by atoms with E-state index in [0.717, 1.165) is 0 Å². The largest absolute Gasteiger partial charge is 0.394 e. The van der Waals surface area contributed by atoms with Crippen LogP contribution in [0.3, 0.4) is 0 Å². The van der Waals surface area contributed by atoms with Crippen molar-refractivity contribution in [1.29, 1.82) is 0 Å². The molecule has 54 heavy (non-hydrogen) atoms. The molecule has 2 fully saturated rings. The van der Waals surface area contributed by atoms with Gasteiger partial charge in [-0.3, -0.25) is 9.59 Å². The van der Waals surface area contributed by atoms with Gasteiger partial charge in [0.25, 0.3) is 0 Å². The molecule has 0 aliphatic carbocycles. The van der Waals surface area contributed by atoms with E-state index in [4.69, 9.17) is 59.8 Å². The average Bonchev–Trinajstić information content (AvgIpc) is 3.18. The molecule has 2 aliphatic rings. The van der Waals surface area contributed by atoms with Gasteiger partial charge in [-0.25, -0.2) is 0 Å². The number of Topliss-reactive ketones (excluding diaryl/α,β-unsaturated/α-hetero) is 2. The molecule has 0 aromatic carbocycles. The molecule has 0 saturated carbocycles. The van der Waals surface area contributed by atoms with E-state index in [1.165, 1.54) is 0 Å². The number of hydrogen-bond acceptors (Lipinski definition) is 26. The first-order chi connectivity index (χ1) is 25.2. The number of ketones is 2. The summed E-state index contributed by atoms with van der Waals surface area (Å²) in [7, 11) is 0. The van der Waals surface area contributed by atoms with Crippen LogP contribution in [-0.2, 0) is 28.5 Å². The molecule has 2 saturated heterocycles. The van der Waals surface area contributed by atoms with Crippen LogP contribution < -0.4 is 0 Å². The normalized spacial score (nSPS) is 33.0. The van der Waals surface area contributed by atoms with E-state index in [2.05, 4.69) is 0 Å². The molecule has 20 N–H and O–H groups in total. The number of aliphatic hydroxyl groups excluding tert-OH is 20. The number of carbonyl (C=O) groups excluding carboxylic acids is 2. The first kappa shape index (κ1) is 52.4. The molecule has 0 aromatic rings. The molecule has 26 heteroatoms. The molecule has 0 radical (unpaired) electrons. The van der Waals surface area contributed by atoms with Crippen molar-refractivity contribution in [2.24, 2.45) is 0 Å². The molecular formula is C28H54O26. The topological polar surface area (TPSA) is 476 Å². The first-order valence-electron chi connectivity index (χ1n) is 16.0. The van der Waals surface area contributed by atoms with Crippen molar-refractivity contribution >= 4 is 11.6 Å². The molecule has 26 nitrogen and oxygen atoms in total. The quantitative estimate of drug-likeness (QED) is 0.0576. The fourth-order valence-corrected chi connectivity index (χ4v) is 4.23. The summed E-state index contributed by atoms with van der Waals surface area (Å²) in [6.07, 6.45) is -29.3. The van der Waals surface area contributed by atoms with Crippen molar-refractivity contribution in [3.63, 3.8) is 0 Å². The van der Waals surface area contributed by atoms with Gasteiger partial charge in [-0.15, -0.1) is 0 Å². The lowest BCUT2D eigenvalue weighted by Crippen LogP contribution is -2.59. The van der Waals surface area contributed by atoms with E-state index < -0.39 is 175 Å². The number of rotatable bonds is 19. The Morgan fingerprint density at radius 1 is 0.463 bits per heavy atom. The van der Waals surface area contributed by atoms with Crippen LogP contribution in [0, 0.1) is 0 Å². The van der Waals surface area contributed by atoms with Crippen molar-refractivity contribution in [3.05, 3.63) is 0 Å². The molecule has 0 bridgehead atoms. The van der Waals surface area contributed by atoms with Crippen molar-refractivity contribution in [1.82, 2.24) is 0 Å². The van der Waals surface area contributed by atoms with Gasteiger partial charge in [0.1, 0.15) is 111 Å². The molecule has 0 amide bonds. The van der Waals surface area contributed by atoms with Gasteiger partial charge in [-0.1, -0.05) is 0 Å². The minimum absolute atomic E-state index is 0.526. The standard InChI is InChI=1S/2C12H22O11.C4H10O4/c2*13-1-4(15)7(17)8(18)5(16)3-22-12-11(21)10(20)9(19)6(2-14)23-12;5-1-3(7)4(8)2-6/h2*5-14,16-21H,1-3H2;3-8H,1-2H2/t2*5-,6-,7-,8-,9-,10+,11-,12+;/m11./s1. The lowest BCUT2D eigenvalue weighted by molar-refractivity contribution is -0.306. The monoisotopic (exact) mass is 806 g/mol. The predicted octanol–water partition coefficient (Wildman–Crippen LogP) is -13.4. The molecule has 0 spiro atoms. The third-order valence-corrected chi connectivity index (χ3v) is 7.78. The Hall–Kier alpha value is -1.62. The van der Waals surface area contributed by atoms with E-state index in [1.54, 1.807) is 0 Å². The van der Waals surface area contributed by atoms with Gasteiger partial charge in [0.15, 0.2) is 24.1 Å². The molecule has 2 aliphatic heterocycles. The van der Waals surface area contributed by atoms with E-state index in [1.807, 2.05) is 0 Å². The third-order valence-electron chi connectivity index (χ3n) is 7.78. The van der Waals surface area contributed by atoms with Gasteiger partial charge in [0.05, 0.1) is 39.6 Å². The van der Waals surface area contributed by atoms with Crippen LogP contribution >= 0.6 is 0 Å². The maximum absolute atomic E-state index is 11.0. The van der Waals surface area contributed by atoms with E-state index in [9.17, 15) is 70.9 Å². The highest BCUT2D eigenvalue weighted by atomic mass is 16.7. The maximum atomic E-state index is 11.0. The molecular weight excluding hydrogens is 752 g/mol. The summed E-state index contributed by atoms with van der Waals surface area (Å²) in [5.41, 5.74) is 0. The molecule has 18 atom stereocenters. The summed E-state index contributed by atoms with van der Waals surface area (Å²) < 4.78 is 19.9. The highest BCUT2D eigenvalue weighted by Crippen LogP contribution is 2.23. The molecule has 2 unspecified atom stereocenters. The van der Waals surface area contributed by atoms with Gasteiger partial charge in [-0.2, -0.15) is 0 Å². The summed E-state index contributed by atoms with van der Waals surface area (Å²) in [5, 5.41) is 183. The minimum Gasteiger partial charge on any atom is -0.394 e. The Kier molecular flexibility index (Phi) is 25.5. The Labute approximate surface area is 305 Å². The Morgan fingerprint density at radius 3 is 1.00 bits per heavy atom. The smallest absolute Gasteiger partial charge is 0.189 e. The van der Waals surface area contributed by atoms with Crippen LogP contribution in [-0.4, -0.2) is 277 Å². The fourth-order valence-electron chi connectivity index (χ4n) is 4.23. The summed E-state index contributed by atoms with van der Waals surface area (Å²) in [5.74, 6) is -2.21. The SMILES string of the molecule is O=C(CO)[C@@H](O)[C@H](O)[C@H](O)CO[C@H]1O[C@H](CO)[C@@H](O)[C@H](O)[C@H]1O.O=C(CO)[C@@H](O)[C@H](O)[C@H](O)CO[C@H]1O[C@H](CO)[C@@H](O)[C@H](O)[C@H]1O.OCC(O)C(O)CO. The summed E-state index contributed by atoms with van der Waals surface area (Å²) in [6, 6.07) is 0. The van der Waals surface area contributed by atoms with Gasteiger partial charge in [0.2, 0.25) is 0 Å². The second-order valence-corrected chi connectivity index (χ2v) is 11.8. The molecule has 0 aromatic heterocycles. The van der Waals surface area contributed by atoms with Gasteiger partial charge >= 0.3 is 0 Å². The first-order valence-corrected chi connectivity index (χ1v) is 16.0. The van der Waals surface area contributed by atoms with E-state index in [-0.39, 0.29) is 0 Å². The molecule has 322 valence electrons. The summed E-state index contributed by atoms with van der Waals surface area (Å²) in [6.45, 7) is -5.86. The highest BCUT2D eigenvalue weighted by Gasteiger charge is 2.46. The van der Waals surface area contributed by atoms with Crippen molar-refractivity contribution in [2.75, 3.05) is 52.9 Å². The number of carbonyl (C=O) groups is 2. The van der Waals surface area contributed by atoms with Crippen molar-refractivity contribution in [2.45, 2.75) is 110 Å². The Balaban J connectivity index is 0.000000867. The van der Waals surface area contributed by atoms with Crippen LogP contribution in [0.1, 0.15) is 0 Å². The van der Waals surface area contributed by atoms with Crippen LogP contribution in [0.4, 0.5) is 0 Å². The minimum atomic E-state index is -2.03. The molecule has 2 heterocycles. The molecule has 2 rings (SSSR count). The fraction of sp³-hybridized carbons (Fsp3) is 0.929. The number of aliphatic hydroxyl groups is 20.